The molecule has 0 heterocycles. The van der Waals surface area contributed by atoms with Crippen molar-refractivity contribution in [1.29, 1.82) is 0 Å². The van der Waals surface area contributed by atoms with Crippen molar-refractivity contribution in [1.82, 2.24) is 4.90 Å². The number of carboxylic acids is 1. The molecule has 0 saturated carbocycles. The van der Waals surface area contributed by atoms with Crippen LogP contribution in [0.1, 0.15) is 105 Å². The molecule has 178 valence electrons. The average Bonchev–Trinajstić information content (AvgIpc) is 2.64. The normalized spacial score (nSPS) is 14.7. The summed E-state index contributed by atoms with van der Waals surface area (Å²) < 4.78 is 0. The molecule has 0 aliphatic carbocycles. The summed E-state index contributed by atoms with van der Waals surface area (Å²) in [6, 6.07) is 0. The van der Waals surface area contributed by atoms with E-state index in [4.69, 9.17) is 20.4 Å². The maximum absolute atomic E-state index is 10.3. The molecule has 0 rings (SSSR count). The van der Waals surface area contributed by atoms with Gasteiger partial charge < -0.3 is 20.4 Å². The Balaban J connectivity index is 0. The largest absolute Gasteiger partial charge is 0.481 e. The molecule has 3 unspecified atom stereocenters. The van der Waals surface area contributed by atoms with Crippen LogP contribution in [0.3, 0.4) is 0 Å². The Bertz CT molecular complexity index is 414. The van der Waals surface area contributed by atoms with Gasteiger partial charge in [0.2, 0.25) is 0 Å². The van der Waals surface area contributed by atoms with Gasteiger partial charge in [-0.2, -0.15) is 0 Å². The zero-order valence-corrected chi connectivity index (χ0v) is 19.7. The lowest BCUT2D eigenvalue weighted by molar-refractivity contribution is -0.159. The van der Waals surface area contributed by atoms with Crippen LogP contribution in [-0.2, 0) is 4.79 Å². The minimum Gasteiger partial charge on any atom is -0.481 e. The van der Waals surface area contributed by atoms with E-state index >= 15 is 0 Å². The molecule has 0 fully saturated rings. The lowest BCUT2D eigenvalue weighted by atomic mass is 10.1. The minimum absolute atomic E-state index is 0.324. The summed E-state index contributed by atoms with van der Waals surface area (Å²) in [5.74, 6) is -0.671. The predicted octanol–water partition coefficient (Wildman–Crippen LogP) is 5.19. The molecule has 0 aromatic heterocycles. The highest BCUT2D eigenvalue weighted by atomic mass is 16.4. The van der Waals surface area contributed by atoms with Gasteiger partial charge in [-0.05, 0) is 59.3 Å². The molecule has 4 N–H and O–H groups in total. The van der Waals surface area contributed by atoms with E-state index in [1.807, 2.05) is 0 Å². The lowest BCUT2D eigenvalue weighted by Gasteiger charge is -2.30. The number of aliphatic carboxylic acids is 1. The molecule has 0 bridgehead atoms. The summed E-state index contributed by atoms with van der Waals surface area (Å²) >= 11 is 0. The van der Waals surface area contributed by atoms with Crippen LogP contribution < -0.4 is 0 Å². The molecule has 0 spiro atoms. The molecule has 0 aromatic rings. The third-order valence-corrected chi connectivity index (χ3v) is 4.64. The first-order valence-electron chi connectivity index (χ1n) is 11.6. The van der Waals surface area contributed by atoms with Gasteiger partial charge in [-0.1, -0.05) is 63.3 Å². The Morgan fingerprint density at radius 2 is 1.17 bits per heavy atom. The van der Waals surface area contributed by atoms with Crippen LogP contribution in [0.2, 0.25) is 0 Å². The number of unbranched alkanes of at least 4 members (excludes halogenated alkanes) is 8. The minimum atomic E-state index is -0.833. The van der Waals surface area contributed by atoms with E-state index in [0.29, 0.717) is 6.42 Å². The summed E-state index contributed by atoms with van der Waals surface area (Å²) in [4.78, 5) is 11.5. The fraction of sp³-hybridized carbons (Fsp3) is 0.792. The van der Waals surface area contributed by atoms with Crippen molar-refractivity contribution in [3.05, 3.63) is 24.3 Å². The van der Waals surface area contributed by atoms with Crippen LogP contribution in [0, 0.1) is 0 Å². The SMILES string of the molecule is CC(O)N(C(C)O)C(C)O.CCCCC/C=C\C/C=C\CCCCCCCC(=O)O. The van der Waals surface area contributed by atoms with Gasteiger partial charge in [-0.15, -0.1) is 0 Å². The molecule has 0 aliphatic heterocycles. The summed E-state index contributed by atoms with van der Waals surface area (Å²) in [7, 11) is 0. The predicted molar refractivity (Wildman–Crippen MR) is 124 cm³/mol. The number of carboxylic acid groups (broad SMARTS) is 1. The number of hydrogen-bond donors (Lipinski definition) is 4. The van der Waals surface area contributed by atoms with Gasteiger partial charge in [0.25, 0.3) is 0 Å². The number of hydrogen-bond acceptors (Lipinski definition) is 5. The fourth-order valence-corrected chi connectivity index (χ4v) is 3.02. The van der Waals surface area contributed by atoms with E-state index in [0.717, 1.165) is 25.7 Å². The van der Waals surface area contributed by atoms with E-state index in [1.54, 1.807) is 0 Å². The van der Waals surface area contributed by atoms with Crippen molar-refractivity contribution in [2.45, 2.75) is 123 Å². The molecule has 6 heteroatoms. The number of rotatable bonds is 17. The molecule has 6 nitrogen and oxygen atoms in total. The molecular weight excluding hydrogens is 382 g/mol. The second-order valence-corrected chi connectivity index (χ2v) is 7.72. The Kier molecular flexibility index (Phi) is 23.2. The third kappa shape index (κ3) is 23.1. The van der Waals surface area contributed by atoms with Gasteiger partial charge in [-0.3, -0.25) is 4.79 Å². The number of nitrogens with zero attached hydrogens (tertiary/aromatic N) is 1. The van der Waals surface area contributed by atoms with Gasteiger partial charge in [0.05, 0.1) is 0 Å². The highest BCUT2D eigenvalue weighted by molar-refractivity contribution is 5.66. The van der Waals surface area contributed by atoms with Crippen molar-refractivity contribution in [2.24, 2.45) is 0 Å². The quantitative estimate of drug-likeness (QED) is 0.144. The molecule has 30 heavy (non-hydrogen) atoms. The number of aliphatic hydroxyl groups is 3. The first-order chi connectivity index (χ1) is 14.2. The van der Waals surface area contributed by atoms with Crippen LogP contribution >= 0.6 is 0 Å². The van der Waals surface area contributed by atoms with Crippen molar-refractivity contribution < 1.29 is 25.2 Å². The van der Waals surface area contributed by atoms with E-state index in [-0.39, 0.29) is 0 Å². The zero-order chi connectivity index (χ0) is 23.2. The van der Waals surface area contributed by atoms with Gasteiger partial charge in [0, 0.05) is 6.42 Å². The van der Waals surface area contributed by atoms with Gasteiger partial charge >= 0.3 is 5.97 Å². The van der Waals surface area contributed by atoms with Crippen LogP contribution in [0.5, 0.6) is 0 Å². The van der Waals surface area contributed by atoms with E-state index in [9.17, 15) is 4.79 Å². The average molecular weight is 430 g/mol. The van der Waals surface area contributed by atoms with Gasteiger partial charge in [0.1, 0.15) is 18.7 Å². The first kappa shape index (κ1) is 31.0. The second-order valence-electron chi connectivity index (χ2n) is 7.72. The second kappa shape index (κ2) is 22.5. The molecule has 0 aromatic carbocycles. The zero-order valence-electron chi connectivity index (χ0n) is 19.7. The summed E-state index contributed by atoms with van der Waals surface area (Å²) in [6.45, 7) is 6.69. The molecule has 3 atom stereocenters. The maximum Gasteiger partial charge on any atom is 0.303 e. The van der Waals surface area contributed by atoms with Crippen molar-refractivity contribution in [3.63, 3.8) is 0 Å². The van der Waals surface area contributed by atoms with Crippen LogP contribution in [0.25, 0.3) is 0 Å². The fourth-order valence-electron chi connectivity index (χ4n) is 3.02. The number of aliphatic hydroxyl groups excluding tert-OH is 3. The van der Waals surface area contributed by atoms with Crippen molar-refractivity contribution >= 4 is 5.97 Å². The topological polar surface area (TPSA) is 101 Å². The van der Waals surface area contributed by atoms with Gasteiger partial charge in [-0.25, -0.2) is 4.90 Å². The Morgan fingerprint density at radius 3 is 1.57 bits per heavy atom. The summed E-state index contributed by atoms with van der Waals surface area (Å²) in [5.41, 5.74) is 0. The monoisotopic (exact) mass is 429 g/mol. The van der Waals surface area contributed by atoms with Crippen molar-refractivity contribution in [3.8, 4) is 0 Å². The highest BCUT2D eigenvalue weighted by Gasteiger charge is 2.20. The van der Waals surface area contributed by atoms with E-state index in [1.165, 1.54) is 70.6 Å². The molecule has 0 amide bonds. The molecule has 0 saturated heterocycles. The van der Waals surface area contributed by atoms with Crippen LogP contribution in [0.15, 0.2) is 24.3 Å². The Labute approximate surface area is 184 Å². The Hall–Kier alpha value is -1.21. The standard InChI is InChI=1S/C18H32O2.C6H15NO3/c1-2-3-4-5-6-7-8-9-10-11-12-13-14-15-16-17-18(19)20;1-4(8)7(5(2)9)6(3)10/h6-7,9-10H,2-5,8,11-17H2,1H3,(H,19,20);4-6,8-10H,1-3H3/b7-6-,10-9-;. The Morgan fingerprint density at radius 1 is 0.733 bits per heavy atom. The third-order valence-electron chi connectivity index (χ3n) is 4.64. The van der Waals surface area contributed by atoms with Crippen LogP contribution in [-0.4, -0.2) is 50.0 Å². The number of allylic oxidation sites excluding steroid dienone is 4. The van der Waals surface area contributed by atoms with E-state index in [2.05, 4.69) is 31.2 Å². The lowest BCUT2D eigenvalue weighted by Crippen LogP contribution is -2.45. The molecular formula is C24H47NO5. The van der Waals surface area contributed by atoms with Gasteiger partial charge in [0.15, 0.2) is 0 Å². The first-order valence-corrected chi connectivity index (χ1v) is 11.6. The van der Waals surface area contributed by atoms with Crippen molar-refractivity contribution in [2.75, 3.05) is 0 Å². The van der Waals surface area contributed by atoms with Crippen LogP contribution in [0.4, 0.5) is 0 Å². The van der Waals surface area contributed by atoms with E-state index < -0.39 is 24.7 Å². The molecule has 0 aliphatic rings. The summed E-state index contributed by atoms with van der Waals surface area (Å²) in [6.07, 6.45) is 19.8. The maximum atomic E-state index is 10.3. The summed E-state index contributed by atoms with van der Waals surface area (Å²) in [5, 5.41) is 35.4. The highest BCUT2D eigenvalue weighted by Crippen LogP contribution is 2.08. The smallest absolute Gasteiger partial charge is 0.303 e. The number of carbonyl (C=O) groups is 1. The molecule has 0 radical (unpaired) electrons.